The molecule has 3 nitrogen and oxygen atoms in total. The number of methoxy groups -OCH3 is 1. The standard InChI is InChI=1S/C15H21NO2/c1-10(2)11-6-7-14(18-3)12(9-11)15(17)13-5-4-8-16-13/h6-7,9-10,13,16H,4-5,8H2,1-3H3. The number of hydrogen-bond donors (Lipinski definition) is 1. The van der Waals surface area contributed by atoms with Crippen molar-refractivity contribution in [2.75, 3.05) is 13.7 Å². The molecule has 1 aliphatic heterocycles. The van der Waals surface area contributed by atoms with E-state index in [0.29, 0.717) is 17.2 Å². The molecule has 0 saturated carbocycles. The number of hydrogen-bond acceptors (Lipinski definition) is 3. The van der Waals surface area contributed by atoms with E-state index in [2.05, 4.69) is 19.2 Å². The number of carbonyl (C=O) groups is 1. The Morgan fingerprint density at radius 3 is 2.78 bits per heavy atom. The SMILES string of the molecule is COc1ccc(C(C)C)cc1C(=O)C1CCCN1. The lowest BCUT2D eigenvalue weighted by Crippen LogP contribution is -2.31. The van der Waals surface area contributed by atoms with Crippen LogP contribution in [0.1, 0.15) is 48.5 Å². The number of rotatable bonds is 4. The molecule has 0 radical (unpaired) electrons. The summed E-state index contributed by atoms with van der Waals surface area (Å²) in [4.78, 5) is 12.5. The molecule has 0 aromatic heterocycles. The second-order valence-electron chi connectivity index (χ2n) is 5.13. The maximum Gasteiger partial charge on any atom is 0.183 e. The average Bonchev–Trinajstić information content (AvgIpc) is 2.90. The Morgan fingerprint density at radius 2 is 2.22 bits per heavy atom. The molecule has 3 heteroatoms. The summed E-state index contributed by atoms with van der Waals surface area (Å²) in [6, 6.07) is 5.87. The van der Waals surface area contributed by atoms with Crippen LogP contribution < -0.4 is 10.1 Å². The molecule has 0 bridgehead atoms. The van der Waals surface area contributed by atoms with Crippen LogP contribution in [0.3, 0.4) is 0 Å². The summed E-state index contributed by atoms with van der Waals surface area (Å²) in [5.74, 6) is 1.25. The van der Waals surface area contributed by atoms with Gasteiger partial charge in [0.15, 0.2) is 5.78 Å². The molecule has 18 heavy (non-hydrogen) atoms. The fraction of sp³-hybridized carbons (Fsp3) is 0.533. The molecule has 2 rings (SSSR count). The molecule has 0 amide bonds. The van der Waals surface area contributed by atoms with E-state index in [-0.39, 0.29) is 11.8 Å². The van der Waals surface area contributed by atoms with Gasteiger partial charge in [-0.2, -0.15) is 0 Å². The van der Waals surface area contributed by atoms with Gasteiger partial charge in [0.2, 0.25) is 0 Å². The quantitative estimate of drug-likeness (QED) is 0.831. The average molecular weight is 247 g/mol. The lowest BCUT2D eigenvalue weighted by molar-refractivity contribution is 0.0949. The Balaban J connectivity index is 2.33. The zero-order valence-corrected chi connectivity index (χ0v) is 11.3. The Kier molecular flexibility index (Phi) is 4.02. The monoisotopic (exact) mass is 247 g/mol. The van der Waals surface area contributed by atoms with Gasteiger partial charge in [-0.3, -0.25) is 4.79 Å². The Bertz CT molecular complexity index is 434. The lowest BCUT2D eigenvalue weighted by Gasteiger charge is -2.15. The molecule has 1 heterocycles. The van der Waals surface area contributed by atoms with E-state index < -0.39 is 0 Å². The number of Topliss-reactive ketones (excluding diaryl/α,β-unsaturated/α-hetero) is 1. The predicted molar refractivity (Wildman–Crippen MR) is 72.4 cm³/mol. The van der Waals surface area contributed by atoms with Crippen LogP contribution in [-0.2, 0) is 0 Å². The zero-order valence-electron chi connectivity index (χ0n) is 11.3. The molecular formula is C15H21NO2. The van der Waals surface area contributed by atoms with Crippen molar-refractivity contribution >= 4 is 5.78 Å². The first-order chi connectivity index (χ1) is 8.63. The highest BCUT2D eigenvalue weighted by molar-refractivity contribution is 6.02. The first kappa shape index (κ1) is 13.1. The summed E-state index contributed by atoms with van der Waals surface area (Å²) >= 11 is 0. The van der Waals surface area contributed by atoms with Crippen LogP contribution in [0.4, 0.5) is 0 Å². The molecule has 1 aromatic carbocycles. The van der Waals surface area contributed by atoms with Gasteiger partial charge in [0.1, 0.15) is 5.75 Å². The van der Waals surface area contributed by atoms with Gasteiger partial charge in [0.05, 0.1) is 18.7 Å². The molecule has 1 atom stereocenters. The first-order valence-corrected chi connectivity index (χ1v) is 6.59. The van der Waals surface area contributed by atoms with E-state index in [4.69, 9.17) is 4.74 Å². The third kappa shape index (κ3) is 2.56. The highest BCUT2D eigenvalue weighted by atomic mass is 16.5. The van der Waals surface area contributed by atoms with Crippen molar-refractivity contribution in [3.8, 4) is 5.75 Å². The van der Waals surface area contributed by atoms with Crippen LogP contribution in [0.25, 0.3) is 0 Å². The van der Waals surface area contributed by atoms with Crippen LogP contribution in [0, 0.1) is 0 Å². The number of nitrogens with one attached hydrogen (secondary N) is 1. The molecular weight excluding hydrogens is 226 g/mol. The summed E-state index contributed by atoms with van der Waals surface area (Å²) in [6.07, 6.45) is 2.00. The Morgan fingerprint density at radius 1 is 1.44 bits per heavy atom. The van der Waals surface area contributed by atoms with Gasteiger partial charge in [-0.25, -0.2) is 0 Å². The summed E-state index contributed by atoms with van der Waals surface area (Å²) in [7, 11) is 1.61. The topological polar surface area (TPSA) is 38.3 Å². The van der Waals surface area contributed by atoms with E-state index in [1.807, 2.05) is 18.2 Å². The highest BCUT2D eigenvalue weighted by Crippen LogP contribution is 2.26. The Labute approximate surface area is 109 Å². The molecule has 0 spiro atoms. The van der Waals surface area contributed by atoms with E-state index in [0.717, 1.165) is 19.4 Å². The fourth-order valence-corrected chi connectivity index (χ4v) is 2.37. The second-order valence-corrected chi connectivity index (χ2v) is 5.13. The van der Waals surface area contributed by atoms with Crippen LogP contribution in [-0.4, -0.2) is 25.5 Å². The minimum absolute atomic E-state index is 0.0405. The molecule has 1 aromatic rings. The van der Waals surface area contributed by atoms with Crippen LogP contribution >= 0.6 is 0 Å². The molecule has 1 unspecified atom stereocenters. The number of ketones is 1. The summed E-state index contributed by atoms with van der Waals surface area (Å²) < 4.78 is 5.31. The third-order valence-corrected chi connectivity index (χ3v) is 3.53. The van der Waals surface area contributed by atoms with Crippen LogP contribution in [0.15, 0.2) is 18.2 Å². The van der Waals surface area contributed by atoms with Gasteiger partial charge in [-0.15, -0.1) is 0 Å². The lowest BCUT2D eigenvalue weighted by atomic mass is 9.95. The third-order valence-electron chi connectivity index (χ3n) is 3.53. The van der Waals surface area contributed by atoms with E-state index >= 15 is 0 Å². The number of carbonyl (C=O) groups excluding carboxylic acids is 1. The van der Waals surface area contributed by atoms with Gasteiger partial charge >= 0.3 is 0 Å². The van der Waals surface area contributed by atoms with Crippen LogP contribution in [0.5, 0.6) is 5.75 Å². The van der Waals surface area contributed by atoms with E-state index in [1.54, 1.807) is 7.11 Å². The van der Waals surface area contributed by atoms with Crippen molar-refractivity contribution in [2.24, 2.45) is 0 Å². The highest BCUT2D eigenvalue weighted by Gasteiger charge is 2.25. The van der Waals surface area contributed by atoms with Crippen molar-refractivity contribution in [3.05, 3.63) is 29.3 Å². The summed E-state index contributed by atoms with van der Waals surface area (Å²) in [5, 5.41) is 3.25. The second kappa shape index (κ2) is 5.53. The summed E-state index contributed by atoms with van der Waals surface area (Å²) in [5.41, 5.74) is 1.89. The van der Waals surface area contributed by atoms with Gasteiger partial charge in [-0.05, 0) is 43.0 Å². The predicted octanol–water partition coefficient (Wildman–Crippen LogP) is 2.75. The maximum absolute atomic E-state index is 12.5. The van der Waals surface area contributed by atoms with Gasteiger partial charge in [0, 0.05) is 0 Å². The molecule has 1 N–H and O–H groups in total. The van der Waals surface area contributed by atoms with Gasteiger partial charge < -0.3 is 10.1 Å². The molecule has 98 valence electrons. The van der Waals surface area contributed by atoms with Crippen molar-refractivity contribution in [1.29, 1.82) is 0 Å². The fourth-order valence-electron chi connectivity index (χ4n) is 2.37. The maximum atomic E-state index is 12.5. The number of ether oxygens (including phenoxy) is 1. The molecule has 1 saturated heterocycles. The first-order valence-electron chi connectivity index (χ1n) is 6.59. The minimum Gasteiger partial charge on any atom is -0.496 e. The Hall–Kier alpha value is -1.35. The van der Waals surface area contributed by atoms with Crippen molar-refractivity contribution < 1.29 is 9.53 Å². The smallest absolute Gasteiger partial charge is 0.183 e. The normalized spacial score (nSPS) is 19.2. The van der Waals surface area contributed by atoms with Gasteiger partial charge in [-0.1, -0.05) is 19.9 Å². The van der Waals surface area contributed by atoms with Crippen molar-refractivity contribution in [1.82, 2.24) is 5.32 Å². The van der Waals surface area contributed by atoms with Crippen LogP contribution in [0.2, 0.25) is 0 Å². The summed E-state index contributed by atoms with van der Waals surface area (Å²) in [6.45, 7) is 5.19. The molecule has 1 fully saturated rings. The zero-order chi connectivity index (χ0) is 13.1. The van der Waals surface area contributed by atoms with Gasteiger partial charge in [0.25, 0.3) is 0 Å². The van der Waals surface area contributed by atoms with Crippen molar-refractivity contribution in [3.63, 3.8) is 0 Å². The minimum atomic E-state index is -0.0405. The van der Waals surface area contributed by atoms with E-state index in [1.165, 1.54) is 5.56 Å². The van der Waals surface area contributed by atoms with Crippen molar-refractivity contribution in [2.45, 2.75) is 38.6 Å². The largest absolute Gasteiger partial charge is 0.496 e. The molecule has 1 aliphatic rings. The molecule has 0 aliphatic carbocycles. The number of benzene rings is 1. The van der Waals surface area contributed by atoms with E-state index in [9.17, 15) is 4.79 Å².